The molecule has 0 aromatic carbocycles. The van der Waals surface area contributed by atoms with Crippen molar-refractivity contribution in [1.29, 1.82) is 0 Å². The number of carboxylic acid groups (broad SMARTS) is 1. The summed E-state index contributed by atoms with van der Waals surface area (Å²) < 4.78 is 0. The molecule has 0 aromatic heterocycles. The Balaban J connectivity index is 2.63. The summed E-state index contributed by atoms with van der Waals surface area (Å²) in [7, 11) is 0. The van der Waals surface area contributed by atoms with Gasteiger partial charge in [-0.05, 0) is 12.8 Å². The lowest BCUT2D eigenvalue weighted by Crippen LogP contribution is -2.36. The number of hydrogen-bond donors (Lipinski definition) is 1. The third kappa shape index (κ3) is 1.93. The van der Waals surface area contributed by atoms with E-state index in [9.17, 15) is 9.70 Å². The molecule has 1 fully saturated rings. The third-order valence-corrected chi connectivity index (χ3v) is 2.11. The Kier molecular flexibility index (Phi) is 3.01. The van der Waals surface area contributed by atoms with Crippen LogP contribution in [-0.4, -0.2) is 28.7 Å². The van der Waals surface area contributed by atoms with Gasteiger partial charge in [-0.25, -0.2) is 9.80 Å². The molecule has 0 saturated carbocycles. The smallest absolute Gasteiger partial charge is 0.328 e. The van der Waals surface area contributed by atoms with Gasteiger partial charge in [-0.2, -0.15) is 0 Å². The average molecular weight is 172 g/mol. The van der Waals surface area contributed by atoms with Crippen LogP contribution in [0.5, 0.6) is 0 Å². The van der Waals surface area contributed by atoms with E-state index in [1.54, 1.807) is 0 Å². The van der Waals surface area contributed by atoms with Crippen LogP contribution in [0.3, 0.4) is 0 Å². The lowest BCUT2D eigenvalue weighted by atomic mass is 10.1. The van der Waals surface area contributed by atoms with Crippen molar-refractivity contribution in [2.45, 2.75) is 31.7 Å². The van der Waals surface area contributed by atoms with Crippen LogP contribution in [0.25, 0.3) is 0 Å². The average Bonchev–Trinajstić information content (AvgIpc) is 2.27. The third-order valence-electron chi connectivity index (χ3n) is 2.11. The number of hydrogen-bond acceptors (Lipinski definition) is 3. The van der Waals surface area contributed by atoms with E-state index in [1.165, 1.54) is 0 Å². The molecule has 1 N–H and O–H groups in total. The first-order valence-electron chi connectivity index (χ1n) is 4.08. The molecule has 5 nitrogen and oxygen atoms in total. The zero-order valence-corrected chi connectivity index (χ0v) is 6.77. The van der Waals surface area contributed by atoms with Crippen molar-refractivity contribution < 1.29 is 9.90 Å². The van der Waals surface area contributed by atoms with E-state index in [0.29, 0.717) is 13.0 Å². The molecule has 68 valence electrons. The monoisotopic (exact) mass is 172 g/mol. The molecule has 1 saturated heterocycles. The van der Waals surface area contributed by atoms with Crippen molar-refractivity contribution in [3.63, 3.8) is 0 Å². The van der Waals surface area contributed by atoms with E-state index >= 15 is 0 Å². The Labute approximate surface area is 70.3 Å². The quantitative estimate of drug-likeness (QED) is 0.631. The normalized spacial score (nSPS) is 24.7. The summed E-state index contributed by atoms with van der Waals surface area (Å²) in [4.78, 5) is 20.9. The summed E-state index contributed by atoms with van der Waals surface area (Å²) >= 11 is 0. The Morgan fingerprint density at radius 2 is 2.17 bits per heavy atom. The van der Waals surface area contributed by atoms with Crippen molar-refractivity contribution in [3.8, 4) is 0 Å². The van der Waals surface area contributed by atoms with Crippen molar-refractivity contribution in [3.05, 3.63) is 4.91 Å². The maximum Gasteiger partial charge on any atom is 0.328 e. The van der Waals surface area contributed by atoms with Crippen LogP contribution in [0.15, 0.2) is 5.29 Å². The Bertz CT molecular complexity index is 183. The number of carboxylic acids is 1. The molecule has 5 heteroatoms. The number of nitroso groups, excluding NO2 is 1. The fraction of sp³-hybridized carbons (Fsp3) is 0.857. The standard InChI is InChI=1S/C7H12N2O3/c10-7(11)6-4-2-1-3-5-9(6)8-12/h6H,1-5H2,(H,10,11)/t6-/m1/s1. The van der Waals surface area contributed by atoms with Crippen LogP contribution in [0, 0.1) is 4.91 Å². The largest absolute Gasteiger partial charge is 0.480 e. The lowest BCUT2D eigenvalue weighted by Gasteiger charge is -2.19. The highest BCUT2D eigenvalue weighted by Crippen LogP contribution is 2.16. The molecule has 0 bridgehead atoms. The van der Waals surface area contributed by atoms with Crippen molar-refractivity contribution in [2.75, 3.05) is 6.54 Å². The van der Waals surface area contributed by atoms with Crippen LogP contribution in [-0.2, 0) is 4.79 Å². The summed E-state index contributed by atoms with van der Waals surface area (Å²) in [6, 6.07) is -0.704. The SMILES string of the molecule is O=NN1CCCCC[C@@H]1C(=O)O. The highest BCUT2D eigenvalue weighted by molar-refractivity contribution is 5.73. The first-order chi connectivity index (χ1) is 5.75. The van der Waals surface area contributed by atoms with Crippen LogP contribution in [0.4, 0.5) is 0 Å². The summed E-state index contributed by atoms with van der Waals surface area (Å²) in [5, 5.41) is 12.6. The first kappa shape index (κ1) is 8.96. The van der Waals surface area contributed by atoms with Crippen molar-refractivity contribution in [1.82, 2.24) is 5.01 Å². The molecular formula is C7H12N2O3. The van der Waals surface area contributed by atoms with Crippen molar-refractivity contribution >= 4 is 5.97 Å². The molecule has 0 aromatic rings. The van der Waals surface area contributed by atoms with Crippen LogP contribution >= 0.6 is 0 Å². The van der Waals surface area contributed by atoms with E-state index in [2.05, 4.69) is 5.29 Å². The molecule has 1 aliphatic heterocycles. The summed E-state index contributed by atoms with van der Waals surface area (Å²) in [5.74, 6) is -0.948. The molecule has 12 heavy (non-hydrogen) atoms. The van der Waals surface area contributed by atoms with E-state index < -0.39 is 12.0 Å². The van der Waals surface area contributed by atoms with Crippen molar-refractivity contribution in [2.24, 2.45) is 5.29 Å². The second kappa shape index (κ2) is 4.04. The van der Waals surface area contributed by atoms with Gasteiger partial charge in [0.2, 0.25) is 0 Å². The molecule has 0 amide bonds. The predicted octanol–water partition coefficient (Wildman–Crippen LogP) is 0.997. The fourth-order valence-corrected chi connectivity index (χ4v) is 1.44. The van der Waals surface area contributed by atoms with E-state index in [1.807, 2.05) is 0 Å². The van der Waals surface area contributed by atoms with Gasteiger partial charge in [-0.3, -0.25) is 0 Å². The highest BCUT2D eigenvalue weighted by Gasteiger charge is 2.26. The maximum atomic E-state index is 10.6. The van der Waals surface area contributed by atoms with E-state index in [-0.39, 0.29) is 0 Å². The van der Waals surface area contributed by atoms with Gasteiger partial charge in [-0.1, -0.05) is 12.8 Å². The molecule has 0 spiro atoms. The van der Waals surface area contributed by atoms with Gasteiger partial charge in [0.15, 0.2) is 0 Å². The Morgan fingerprint density at radius 1 is 1.42 bits per heavy atom. The van der Waals surface area contributed by atoms with Gasteiger partial charge < -0.3 is 5.11 Å². The molecule has 0 unspecified atom stereocenters. The number of nitrogens with zero attached hydrogens (tertiary/aromatic N) is 2. The second-order valence-corrected chi connectivity index (χ2v) is 2.95. The molecule has 1 heterocycles. The number of aliphatic carboxylic acids is 1. The molecular weight excluding hydrogens is 160 g/mol. The van der Waals surface area contributed by atoms with Gasteiger partial charge in [0.25, 0.3) is 0 Å². The van der Waals surface area contributed by atoms with E-state index in [4.69, 9.17) is 5.11 Å². The van der Waals surface area contributed by atoms with Crippen LogP contribution in [0.2, 0.25) is 0 Å². The maximum absolute atomic E-state index is 10.6. The molecule has 1 atom stereocenters. The summed E-state index contributed by atoms with van der Waals surface area (Å²) in [6.45, 7) is 0.473. The minimum Gasteiger partial charge on any atom is -0.480 e. The molecule has 0 radical (unpaired) electrons. The minimum atomic E-state index is -0.948. The molecule has 0 aliphatic carbocycles. The minimum absolute atomic E-state index is 0.473. The van der Waals surface area contributed by atoms with Crippen LogP contribution in [0.1, 0.15) is 25.7 Å². The topological polar surface area (TPSA) is 70.0 Å². The highest BCUT2D eigenvalue weighted by atomic mass is 16.4. The zero-order valence-electron chi connectivity index (χ0n) is 6.77. The number of rotatable bonds is 2. The predicted molar refractivity (Wildman–Crippen MR) is 42.4 cm³/mol. The van der Waals surface area contributed by atoms with Gasteiger partial charge >= 0.3 is 5.97 Å². The summed E-state index contributed by atoms with van der Waals surface area (Å²) in [6.07, 6.45) is 3.23. The molecule has 1 rings (SSSR count). The first-order valence-corrected chi connectivity index (χ1v) is 4.08. The fourth-order valence-electron chi connectivity index (χ4n) is 1.44. The number of carbonyl (C=O) groups is 1. The van der Waals surface area contributed by atoms with Gasteiger partial charge in [0.1, 0.15) is 6.04 Å². The van der Waals surface area contributed by atoms with Gasteiger partial charge in [-0.15, -0.1) is 4.91 Å². The molecule has 1 aliphatic rings. The lowest BCUT2D eigenvalue weighted by molar-refractivity contribution is -0.143. The Morgan fingerprint density at radius 3 is 2.75 bits per heavy atom. The van der Waals surface area contributed by atoms with Gasteiger partial charge in [0.05, 0.1) is 5.29 Å². The van der Waals surface area contributed by atoms with E-state index in [0.717, 1.165) is 24.3 Å². The van der Waals surface area contributed by atoms with Crippen LogP contribution < -0.4 is 0 Å². The zero-order chi connectivity index (χ0) is 8.97. The summed E-state index contributed by atoms with van der Waals surface area (Å²) in [5.41, 5.74) is 0. The Hall–Kier alpha value is -1.13. The second-order valence-electron chi connectivity index (χ2n) is 2.95. The van der Waals surface area contributed by atoms with Gasteiger partial charge in [0, 0.05) is 6.54 Å².